The smallest absolute Gasteiger partial charge is 0.313 e. The summed E-state index contributed by atoms with van der Waals surface area (Å²) in [5.74, 6) is -2.68. The van der Waals surface area contributed by atoms with Crippen LogP contribution in [0, 0.1) is 23.0 Å². The molecule has 0 radical (unpaired) electrons. The van der Waals surface area contributed by atoms with Crippen molar-refractivity contribution in [3.8, 4) is 6.07 Å². The third-order valence-corrected chi connectivity index (χ3v) is 5.50. The number of benzene rings is 2. The van der Waals surface area contributed by atoms with Gasteiger partial charge in [-0.15, -0.1) is 0 Å². The molecule has 0 spiro atoms. The van der Waals surface area contributed by atoms with Gasteiger partial charge in [-0.2, -0.15) is 5.26 Å². The van der Waals surface area contributed by atoms with Crippen molar-refractivity contribution in [2.24, 2.45) is 0 Å². The summed E-state index contributed by atoms with van der Waals surface area (Å²) in [6, 6.07) is 11.7. The highest BCUT2D eigenvalue weighted by Crippen LogP contribution is 2.32. The van der Waals surface area contributed by atoms with E-state index >= 15 is 0 Å². The van der Waals surface area contributed by atoms with E-state index in [1.165, 1.54) is 29.2 Å². The maximum absolute atomic E-state index is 14.0. The molecule has 0 unspecified atom stereocenters. The molecular weight excluding hydrogens is 402 g/mol. The molecule has 4 rings (SSSR count). The number of pyridine rings is 1. The summed E-state index contributed by atoms with van der Waals surface area (Å²) >= 11 is 0. The maximum atomic E-state index is 14.0. The average Bonchev–Trinajstić information content (AvgIpc) is 2.79. The van der Waals surface area contributed by atoms with Gasteiger partial charge in [0.1, 0.15) is 11.6 Å². The summed E-state index contributed by atoms with van der Waals surface area (Å²) in [5, 5.41) is 11.8. The molecule has 2 amide bonds. The van der Waals surface area contributed by atoms with Crippen LogP contribution in [0.1, 0.15) is 29.9 Å². The Hall–Kier alpha value is -3.86. The van der Waals surface area contributed by atoms with Gasteiger partial charge in [-0.05, 0) is 66.8 Å². The fraction of sp³-hybridized carbons (Fsp3) is 0.217. The Morgan fingerprint density at radius 1 is 1.10 bits per heavy atom. The van der Waals surface area contributed by atoms with E-state index in [-0.39, 0.29) is 23.0 Å². The highest BCUT2D eigenvalue weighted by molar-refractivity contribution is 6.39. The lowest BCUT2D eigenvalue weighted by atomic mass is 9.87. The minimum absolute atomic E-state index is 0.107. The second-order valence-electron chi connectivity index (χ2n) is 7.39. The summed E-state index contributed by atoms with van der Waals surface area (Å²) in [6.45, 7) is 0.706. The van der Waals surface area contributed by atoms with E-state index in [0.717, 1.165) is 17.0 Å². The minimum Gasteiger partial charge on any atom is -0.334 e. The average molecular weight is 420 g/mol. The summed E-state index contributed by atoms with van der Waals surface area (Å²) in [5.41, 5.74) is 1.65. The van der Waals surface area contributed by atoms with Crippen molar-refractivity contribution in [2.45, 2.75) is 18.8 Å². The zero-order valence-electron chi connectivity index (χ0n) is 16.4. The Labute approximate surface area is 177 Å². The summed E-state index contributed by atoms with van der Waals surface area (Å²) in [7, 11) is 0. The molecule has 1 aromatic heterocycles. The molecule has 1 N–H and O–H groups in total. The number of hydrogen-bond donors (Lipinski definition) is 1. The normalized spacial score (nSPS) is 14.3. The lowest BCUT2D eigenvalue weighted by Gasteiger charge is -2.32. The summed E-state index contributed by atoms with van der Waals surface area (Å²) < 4.78 is 27.7. The lowest BCUT2D eigenvalue weighted by Crippen LogP contribution is -2.44. The molecular formula is C23H18F2N4O2. The Morgan fingerprint density at radius 3 is 2.58 bits per heavy atom. The van der Waals surface area contributed by atoms with Crippen LogP contribution < -0.4 is 5.32 Å². The van der Waals surface area contributed by atoms with E-state index in [4.69, 9.17) is 5.26 Å². The number of nitrogens with zero attached hydrogens (tertiary/aromatic N) is 3. The predicted molar refractivity (Wildman–Crippen MR) is 110 cm³/mol. The van der Waals surface area contributed by atoms with E-state index in [9.17, 15) is 18.4 Å². The van der Waals surface area contributed by atoms with Crippen LogP contribution in [0.4, 0.5) is 14.5 Å². The van der Waals surface area contributed by atoms with Crippen molar-refractivity contribution in [3.05, 3.63) is 71.4 Å². The monoisotopic (exact) mass is 420 g/mol. The van der Waals surface area contributed by atoms with Gasteiger partial charge in [-0.1, -0.05) is 0 Å². The number of piperidine rings is 1. The molecule has 2 heterocycles. The molecule has 6 nitrogen and oxygen atoms in total. The fourth-order valence-corrected chi connectivity index (χ4v) is 3.89. The van der Waals surface area contributed by atoms with E-state index in [1.807, 2.05) is 6.07 Å². The van der Waals surface area contributed by atoms with Gasteiger partial charge in [0, 0.05) is 24.7 Å². The highest BCUT2D eigenvalue weighted by atomic mass is 19.1. The first-order valence-electron chi connectivity index (χ1n) is 9.80. The first kappa shape index (κ1) is 20.4. The van der Waals surface area contributed by atoms with Gasteiger partial charge in [-0.25, -0.2) is 8.78 Å². The van der Waals surface area contributed by atoms with E-state index in [1.54, 1.807) is 18.3 Å². The second kappa shape index (κ2) is 8.48. The van der Waals surface area contributed by atoms with Gasteiger partial charge < -0.3 is 10.2 Å². The number of carbonyl (C=O) groups excluding carboxylic acids is 2. The molecule has 0 aliphatic carbocycles. The highest BCUT2D eigenvalue weighted by Gasteiger charge is 2.29. The zero-order valence-corrected chi connectivity index (χ0v) is 16.4. The Morgan fingerprint density at radius 2 is 1.87 bits per heavy atom. The van der Waals surface area contributed by atoms with Crippen LogP contribution in [-0.2, 0) is 9.59 Å². The molecule has 0 bridgehead atoms. The number of hydrogen-bond acceptors (Lipinski definition) is 4. The van der Waals surface area contributed by atoms with Crippen molar-refractivity contribution >= 4 is 28.4 Å². The number of nitrogens with one attached hydrogen (secondary N) is 1. The third kappa shape index (κ3) is 4.21. The number of nitriles is 1. The van der Waals surface area contributed by atoms with Crippen LogP contribution in [0.3, 0.4) is 0 Å². The Bertz CT molecular complexity index is 1210. The van der Waals surface area contributed by atoms with Crippen LogP contribution in [0.15, 0.2) is 48.7 Å². The molecule has 0 saturated carbocycles. The number of aromatic nitrogens is 1. The molecule has 31 heavy (non-hydrogen) atoms. The SMILES string of the molecule is N#Cc1ccc(NC(=O)C(=O)N2CCC(c3ccnc4ccc(F)cc34)CC2)c(F)c1. The summed E-state index contributed by atoms with van der Waals surface area (Å²) in [4.78, 5) is 30.5. The van der Waals surface area contributed by atoms with Crippen molar-refractivity contribution in [2.75, 3.05) is 18.4 Å². The van der Waals surface area contributed by atoms with E-state index < -0.39 is 17.6 Å². The molecule has 1 saturated heterocycles. The van der Waals surface area contributed by atoms with Gasteiger partial charge in [0.15, 0.2) is 0 Å². The Balaban J connectivity index is 1.42. The number of halogens is 2. The van der Waals surface area contributed by atoms with Crippen LogP contribution in [0.5, 0.6) is 0 Å². The number of carbonyl (C=O) groups is 2. The Kier molecular flexibility index (Phi) is 5.58. The quantitative estimate of drug-likeness (QED) is 0.640. The molecule has 1 fully saturated rings. The first-order valence-corrected chi connectivity index (χ1v) is 9.80. The number of rotatable bonds is 2. The van der Waals surface area contributed by atoms with E-state index in [0.29, 0.717) is 31.4 Å². The standard InChI is InChI=1S/C23H18F2N4O2/c24-16-2-4-20-18(12-16)17(5-8-27-20)15-6-9-29(10-7-15)23(31)22(30)28-21-3-1-14(13-26)11-19(21)25/h1-5,8,11-12,15H,6-7,9-10H2,(H,28,30). The molecule has 1 aliphatic rings. The van der Waals surface area contributed by atoms with Crippen molar-refractivity contribution in [3.63, 3.8) is 0 Å². The topological polar surface area (TPSA) is 86.1 Å². The number of amides is 2. The molecule has 1 aliphatic heterocycles. The third-order valence-electron chi connectivity index (χ3n) is 5.50. The van der Waals surface area contributed by atoms with Gasteiger partial charge in [0.25, 0.3) is 0 Å². The second-order valence-corrected chi connectivity index (χ2v) is 7.39. The van der Waals surface area contributed by atoms with Crippen molar-refractivity contribution in [1.82, 2.24) is 9.88 Å². The van der Waals surface area contributed by atoms with Gasteiger partial charge in [-0.3, -0.25) is 14.6 Å². The lowest BCUT2D eigenvalue weighted by molar-refractivity contribution is -0.143. The van der Waals surface area contributed by atoms with E-state index in [2.05, 4.69) is 10.3 Å². The van der Waals surface area contributed by atoms with Gasteiger partial charge in [0.05, 0.1) is 22.8 Å². The molecule has 0 atom stereocenters. The number of fused-ring (bicyclic) bond motifs is 1. The molecule has 3 aromatic rings. The first-order chi connectivity index (χ1) is 15.0. The number of anilines is 1. The summed E-state index contributed by atoms with van der Waals surface area (Å²) in [6.07, 6.45) is 2.91. The van der Waals surface area contributed by atoms with Crippen LogP contribution in [0.2, 0.25) is 0 Å². The molecule has 8 heteroatoms. The fourth-order valence-electron chi connectivity index (χ4n) is 3.89. The van der Waals surface area contributed by atoms with Gasteiger partial charge in [0.2, 0.25) is 0 Å². The van der Waals surface area contributed by atoms with Crippen molar-refractivity contribution in [1.29, 1.82) is 5.26 Å². The van der Waals surface area contributed by atoms with Crippen molar-refractivity contribution < 1.29 is 18.4 Å². The zero-order chi connectivity index (χ0) is 22.0. The molecule has 156 valence electrons. The van der Waals surface area contributed by atoms with Crippen LogP contribution in [0.25, 0.3) is 10.9 Å². The largest absolute Gasteiger partial charge is 0.334 e. The van der Waals surface area contributed by atoms with Crippen LogP contribution >= 0.6 is 0 Å². The van der Waals surface area contributed by atoms with Crippen LogP contribution in [-0.4, -0.2) is 34.8 Å². The minimum atomic E-state index is -0.932. The number of likely N-dealkylation sites (tertiary alicyclic amines) is 1. The molecule has 2 aromatic carbocycles. The maximum Gasteiger partial charge on any atom is 0.313 e. The predicted octanol–water partition coefficient (Wildman–Crippen LogP) is 3.73. The van der Waals surface area contributed by atoms with Gasteiger partial charge >= 0.3 is 11.8 Å².